The lowest BCUT2D eigenvalue weighted by Crippen LogP contribution is -2.41. The quantitative estimate of drug-likeness (QED) is 0.395. The second-order valence-corrected chi connectivity index (χ2v) is 8.18. The van der Waals surface area contributed by atoms with Gasteiger partial charge in [-0.15, -0.1) is 13.2 Å². The first-order valence-corrected chi connectivity index (χ1v) is 10.8. The average Bonchev–Trinajstić information content (AvgIpc) is 2.74. The van der Waals surface area contributed by atoms with Crippen LogP contribution in [0.5, 0.6) is 11.5 Å². The van der Waals surface area contributed by atoms with Crippen molar-refractivity contribution in [1.29, 1.82) is 0 Å². The fourth-order valence-electron chi connectivity index (χ4n) is 3.84. The highest BCUT2D eigenvalue weighted by Gasteiger charge is 2.32. The van der Waals surface area contributed by atoms with Crippen molar-refractivity contribution >= 4 is 17.7 Å². The standard InChI is InChI=1S/C23H22F6N2O5/c24-22(25,26)12-13-4-7-17(11-19(13)20(32)33)35-16-8-5-14(6-9-16)30-21(34)31-15-2-1-3-18(10-15)36-23(27,28)29/h1-4,7,10-11,14,16H,5-6,8-9,12H2,(H,32,33)(H2,30,31,34). The van der Waals surface area contributed by atoms with E-state index >= 15 is 0 Å². The third-order valence-electron chi connectivity index (χ3n) is 5.34. The Kier molecular flexibility index (Phi) is 8.21. The van der Waals surface area contributed by atoms with Crippen LogP contribution in [0.4, 0.5) is 36.8 Å². The smallest absolute Gasteiger partial charge is 0.490 e. The van der Waals surface area contributed by atoms with E-state index in [1.807, 2.05) is 0 Å². The molecule has 3 rings (SSSR count). The van der Waals surface area contributed by atoms with Crippen molar-refractivity contribution in [3.63, 3.8) is 0 Å². The van der Waals surface area contributed by atoms with Crippen molar-refractivity contribution in [2.75, 3.05) is 5.32 Å². The zero-order valence-electron chi connectivity index (χ0n) is 18.6. The first-order chi connectivity index (χ1) is 16.8. The predicted molar refractivity (Wildman–Crippen MR) is 115 cm³/mol. The molecule has 7 nitrogen and oxygen atoms in total. The Hall–Kier alpha value is -3.64. The zero-order chi connectivity index (χ0) is 26.5. The molecule has 1 aliphatic carbocycles. The molecule has 2 amide bonds. The van der Waals surface area contributed by atoms with E-state index in [9.17, 15) is 41.0 Å². The van der Waals surface area contributed by atoms with Crippen molar-refractivity contribution in [3.8, 4) is 11.5 Å². The molecule has 0 radical (unpaired) electrons. The lowest BCUT2D eigenvalue weighted by atomic mass is 9.93. The molecule has 0 heterocycles. The number of anilines is 1. The van der Waals surface area contributed by atoms with Gasteiger partial charge < -0.3 is 25.2 Å². The van der Waals surface area contributed by atoms with E-state index in [2.05, 4.69) is 15.4 Å². The van der Waals surface area contributed by atoms with E-state index in [-0.39, 0.29) is 29.1 Å². The largest absolute Gasteiger partial charge is 0.573 e. The number of carbonyl (C=O) groups excluding carboxylic acids is 1. The Balaban J connectivity index is 1.50. The molecule has 0 unspecified atom stereocenters. The number of hydrogen-bond donors (Lipinski definition) is 3. The number of alkyl halides is 6. The van der Waals surface area contributed by atoms with Crippen LogP contribution in [0, 0.1) is 0 Å². The average molecular weight is 520 g/mol. The molecule has 1 fully saturated rings. The summed E-state index contributed by atoms with van der Waals surface area (Å²) in [6, 6.07) is 7.41. The van der Waals surface area contributed by atoms with Crippen LogP contribution >= 0.6 is 0 Å². The first-order valence-electron chi connectivity index (χ1n) is 10.8. The van der Waals surface area contributed by atoms with E-state index in [0.29, 0.717) is 25.7 Å². The molecule has 0 aliphatic heterocycles. The lowest BCUT2D eigenvalue weighted by Gasteiger charge is -2.29. The summed E-state index contributed by atoms with van der Waals surface area (Å²) >= 11 is 0. The summed E-state index contributed by atoms with van der Waals surface area (Å²) in [5, 5.41) is 14.4. The van der Waals surface area contributed by atoms with Crippen LogP contribution in [0.25, 0.3) is 0 Å². The topological polar surface area (TPSA) is 96.9 Å². The molecule has 0 bridgehead atoms. The maximum atomic E-state index is 12.7. The molecule has 13 heteroatoms. The number of carboxylic acid groups (broad SMARTS) is 1. The number of hydrogen-bond acceptors (Lipinski definition) is 4. The van der Waals surface area contributed by atoms with Gasteiger partial charge in [0.05, 0.1) is 18.1 Å². The molecule has 2 aromatic carbocycles. The van der Waals surface area contributed by atoms with Gasteiger partial charge in [-0.1, -0.05) is 12.1 Å². The molecule has 196 valence electrons. The van der Waals surface area contributed by atoms with Gasteiger partial charge in [0.25, 0.3) is 0 Å². The second-order valence-electron chi connectivity index (χ2n) is 8.18. The lowest BCUT2D eigenvalue weighted by molar-refractivity contribution is -0.274. The zero-order valence-corrected chi connectivity index (χ0v) is 18.6. The summed E-state index contributed by atoms with van der Waals surface area (Å²) in [7, 11) is 0. The Morgan fingerprint density at radius 3 is 2.25 bits per heavy atom. The number of carboxylic acids is 1. The van der Waals surface area contributed by atoms with Crippen molar-refractivity contribution in [2.45, 2.75) is 56.8 Å². The third-order valence-corrected chi connectivity index (χ3v) is 5.34. The number of rotatable bonds is 7. The van der Waals surface area contributed by atoms with Crippen LogP contribution in [-0.4, -0.2) is 41.8 Å². The number of halogens is 6. The monoisotopic (exact) mass is 520 g/mol. The SMILES string of the molecule is O=C(Nc1cccc(OC(F)(F)F)c1)NC1CCC(Oc2ccc(CC(F)(F)F)c(C(=O)O)c2)CC1. The van der Waals surface area contributed by atoms with Gasteiger partial charge in [0, 0.05) is 17.8 Å². The van der Waals surface area contributed by atoms with Crippen LogP contribution in [0.2, 0.25) is 0 Å². The Morgan fingerprint density at radius 2 is 1.64 bits per heavy atom. The maximum Gasteiger partial charge on any atom is 0.573 e. The fraction of sp³-hybridized carbons (Fsp3) is 0.391. The Morgan fingerprint density at radius 1 is 0.944 bits per heavy atom. The molecule has 1 aliphatic rings. The normalized spacial score (nSPS) is 18.3. The van der Waals surface area contributed by atoms with E-state index < -0.39 is 42.3 Å². The molecule has 0 atom stereocenters. The number of amides is 2. The van der Waals surface area contributed by atoms with Gasteiger partial charge in [-0.2, -0.15) is 13.2 Å². The number of urea groups is 1. The summed E-state index contributed by atoms with van der Waals surface area (Å²) in [4.78, 5) is 23.6. The van der Waals surface area contributed by atoms with Crippen LogP contribution in [0.15, 0.2) is 42.5 Å². The van der Waals surface area contributed by atoms with Crippen LogP contribution in [0.3, 0.4) is 0 Å². The van der Waals surface area contributed by atoms with Gasteiger partial charge in [0.15, 0.2) is 0 Å². The minimum absolute atomic E-state index is 0.106. The highest BCUT2D eigenvalue weighted by molar-refractivity contribution is 5.90. The Labute approximate surface area is 201 Å². The summed E-state index contributed by atoms with van der Waals surface area (Å²) < 4.78 is 84.6. The van der Waals surface area contributed by atoms with Crippen LogP contribution in [0.1, 0.15) is 41.6 Å². The van der Waals surface area contributed by atoms with E-state index in [1.165, 1.54) is 18.2 Å². The molecule has 0 saturated heterocycles. The highest BCUT2D eigenvalue weighted by atomic mass is 19.4. The number of benzene rings is 2. The van der Waals surface area contributed by atoms with E-state index in [0.717, 1.165) is 24.3 Å². The first kappa shape index (κ1) is 27.0. The minimum atomic E-state index is -4.86. The molecule has 36 heavy (non-hydrogen) atoms. The van der Waals surface area contributed by atoms with E-state index in [4.69, 9.17) is 4.74 Å². The van der Waals surface area contributed by atoms with Crippen molar-refractivity contribution in [2.24, 2.45) is 0 Å². The summed E-state index contributed by atoms with van der Waals surface area (Å²) in [6.07, 6.45) is -9.17. The predicted octanol–water partition coefficient (Wildman–Crippen LogP) is 5.90. The highest BCUT2D eigenvalue weighted by Crippen LogP contribution is 2.29. The summed E-state index contributed by atoms with van der Waals surface area (Å²) in [6.45, 7) is 0. The van der Waals surface area contributed by atoms with Crippen molar-refractivity contribution < 1.29 is 50.5 Å². The number of carbonyl (C=O) groups is 2. The fourth-order valence-corrected chi connectivity index (χ4v) is 3.84. The second kappa shape index (κ2) is 11.0. The summed E-state index contributed by atoms with van der Waals surface area (Å²) in [5.74, 6) is -1.84. The van der Waals surface area contributed by atoms with Gasteiger partial charge in [-0.3, -0.25) is 0 Å². The van der Waals surface area contributed by atoms with E-state index in [1.54, 1.807) is 0 Å². The van der Waals surface area contributed by atoms with Crippen molar-refractivity contribution in [3.05, 3.63) is 53.6 Å². The van der Waals surface area contributed by atoms with Gasteiger partial charge in [-0.25, -0.2) is 9.59 Å². The molecule has 3 N–H and O–H groups in total. The Bertz CT molecular complexity index is 1080. The number of nitrogens with one attached hydrogen (secondary N) is 2. The third kappa shape index (κ3) is 8.54. The molecule has 1 saturated carbocycles. The number of aromatic carboxylic acids is 1. The van der Waals surface area contributed by atoms with Crippen LogP contribution in [-0.2, 0) is 6.42 Å². The van der Waals surface area contributed by atoms with Gasteiger partial charge in [0.1, 0.15) is 11.5 Å². The molecular weight excluding hydrogens is 498 g/mol. The molecule has 0 spiro atoms. The van der Waals surface area contributed by atoms with Crippen LogP contribution < -0.4 is 20.1 Å². The maximum absolute atomic E-state index is 12.7. The van der Waals surface area contributed by atoms with Gasteiger partial charge in [0.2, 0.25) is 0 Å². The summed E-state index contributed by atoms with van der Waals surface area (Å²) in [5.41, 5.74) is -0.743. The molecular formula is C23H22F6N2O5. The minimum Gasteiger partial charge on any atom is -0.490 e. The molecule has 0 aromatic heterocycles. The molecule has 2 aromatic rings. The van der Waals surface area contributed by atoms with Crippen molar-refractivity contribution in [1.82, 2.24) is 5.32 Å². The van der Waals surface area contributed by atoms with Gasteiger partial charge >= 0.3 is 24.5 Å². The van der Waals surface area contributed by atoms with Gasteiger partial charge in [-0.05, 0) is 55.5 Å². The number of ether oxygens (including phenoxy) is 2.